The molecule has 3 nitrogen and oxygen atoms in total. The zero-order valence-corrected chi connectivity index (χ0v) is 12.8. The van der Waals surface area contributed by atoms with Crippen molar-refractivity contribution in [2.24, 2.45) is 5.92 Å². The lowest BCUT2D eigenvalue weighted by Gasteiger charge is -2.34. The lowest BCUT2D eigenvalue weighted by atomic mass is 9.85. The summed E-state index contributed by atoms with van der Waals surface area (Å²) in [5.74, 6) is -0.107. The molecule has 1 fully saturated rings. The topological polar surface area (TPSA) is 47.3 Å². The molecule has 0 radical (unpaired) electrons. The van der Waals surface area contributed by atoms with Gasteiger partial charge in [-0.15, -0.1) is 0 Å². The summed E-state index contributed by atoms with van der Waals surface area (Å²) < 4.78 is 39.9. The number of anilines is 1. The van der Waals surface area contributed by atoms with Crippen molar-refractivity contribution in [3.8, 4) is 6.07 Å². The lowest BCUT2D eigenvalue weighted by Crippen LogP contribution is -2.40. The van der Waals surface area contributed by atoms with Gasteiger partial charge in [0.15, 0.2) is 0 Å². The van der Waals surface area contributed by atoms with Crippen LogP contribution in [0.3, 0.4) is 0 Å². The zero-order valence-electron chi connectivity index (χ0n) is 12.8. The zero-order chi connectivity index (χ0) is 16.7. The monoisotopic (exact) mass is 312 g/mol. The van der Waals surface area contributed by atoms with Crippen LogP contribution in [0.4, 0.5) is 18.9 Å². The Balaban J connectivity index is 2.44. The van der Waals surface area contributed by atoms with Crippen LogP contribution in [0.25, 0.3) is 0 Å². The fourth-order valence-electron chi connectivity index (χ4n) is 3.31. The minimum Gasteiger partial charge on any atom is -0.390 e. The van der Waals surface area contributed by atoms with E-state index in [-0.39, 0.29) is 23.2 Å². The van der Waals surface area contributed by atoms with Crippen LogP contribution in [-0.4, -0.2) is 23.3 Å². The van der Waals surface area contributed by atoms with E-state index in [4.69, 9.17) is 5.26 Å². The van der Waals surface area contributed by atoms with Gasteiger partial charge in [-0.05, 0) is 45.4 Å². The Morgan fingerprint density at radius 3 is 2.41 bits per heavy atom. The molecule has 1 aromatic rings. The Morgan fingerprint density at radius 2 is 1.95 bits per heavy atom. The van der Waals surface area contributed by atoms with Gasteiger partial charge in [-0.3, -0.25) is 0 Å². The fraction of sp³-hybridized carbons (Fsp3) is 0.562. The molecule has 1 aliphatic heterocycles. The molecule has 1 N–H and O–H groups in total. The van der Waals surface area contributed by atoms with Crippen molar-refractivity contribution >= 4 is 5.69 Å². The number of halogens is 3. The number of hydrogen-bond acceptors (Lipinski definition) is 3. The molecule has 1 aromatic carbocycles. The normalized spacial score (nSPS) is 22.7. The van der Waals surface area contributed by atoms with Gasteiger partial charge in [0.05, 0.1) is 22.8 Å². The van der Waals surface area contributed by atoms with Gasteiger partial charge < -0.3 is 10.0 Å². The second-order valence-electron chi connectivity index (χ2n) is 6.32. The molecule has 1 aliphatic rings. The first-order valence-electron chi connectivity index (χ1n) is 7.16. The van der Waals surface area contributed by atoms with Crippen molar-refractivity contribution in [3.63, 3.8) is 0 Å². The van der Waals surface area contributed by atoms with Gasteiger partial charge in [0, 0.05) is 24.2 Å². The van der Waals surface area contributed by atoms with E-state index in [9.17, 15) is 18.3 Å². The Hall–Kier alpha value is -1.74. The summed E-state index contributed by atoms with van der Waals surface area (Å²) in [5.41, 5.74) is -1.68. The first-order valence-corrected chi connectivity index (χ1v) is 7.16. The van der Waals surface area contributed by atoms with Crippen LogP contribution in [0.5, 0.6) is 0 Å². The molecule has 22 heavy (non-hydrogen) atoms. The summed E-state index contributed by atoms with van der Waals surface area (Å²) in [6.45, 7) is 5.64. The van der Waals surface area contributed by atoms with Crippen molar-refractivity contribution in [1.82, 2.24) is 0 Å². The van der Waals surface area contributed by atoms with Crippen molar-refractivity contribution in [1.29, 1.82) is 5.26 Å². The van der Waals surface area contributed by atoms with Crippen LogP contribution >= 0.6 is 0 Å². The van der Waals surface area contributed by atoms with E-state index in [1.54, 1.807) is 24.8 Å². The molecule has 0 unspecified atom stereocenters. The highest BCUT2D eigenvalue weighted by atomic mass is 19.4. The number of rotatable bonds is 2. The molecule has 6 heteroatoms. The SMILES string of the molecule is C[C@H]1[C@@H](C(C)(C)O)CCN1c1ccc(C#N)cc1C(F)(F)F. The van der Waals surface area contributed by atoms with Gasteiger partial charge in [-0.2, -0.15) is 18.4 Å². The first-order chi connectivity index (χ1) is 10.1. The van der Waals surface area contributed by atoms with E-state index in [1.165, 1.54) is 12.1 Å². The summed E-state index contributed by atoms with van der Waals surface area (Å²) in [5, 5.41) is 19.0. The smallest absolute Gasteiger partial charge is 0.390 e. The van der Waals surface area contributed by atoms with Crippen LogP contribution in [0.1, 0.15) is 38.3 Å². The molecular weight excluding hydrogens is 293 g/mol. The third kappa shape index (κ3) is 3.05. The molecule has 0 bridgehead atoms. The quantitative estimate of drug-likeness (QED) is 0.908. The minimum atomic E-state index is -4.52. The number of benzene rings is 1. The average molecular weight is 312 g/mol. The van der Waals surface area contributed by atoms with Crippen LogP contribution in [0.15, 0.2) is 18.2 Å². The van der Waals surface area contributed by atoms with Gasteiger partial charge in [-0.25, -0.2) is 0 Å². The van der Waals surface area contributed by atoms with Gasteiger partial charge >= 0.3 is 6.18 Å². The highest BCUT2D eigenvalue weighted by molar-refractivity contribution is 5.59. The predicted molar refractivity (Wildman–Crippen MR) is 77.4 cm³/mol. The van der Waals surface area contributed by atoms with Gasteiger partial charge in [0.2, 0.25) is 0 Å². The molecule has 1 saturated heterocycles. The molecule has 0 aromatic heterocycles. The standard InChI is InChI=1S/C16H19F3N2O/c1-10-12(15(2,3)22)6-7-21(10)14-5-4-11(9-20)8-13(14)16(17,18)19/h4-5,8,10,12,22H,6-7H2,1-3H3/t10-,12-/m0/s1. The molecule has 120 valence electrons. The van der Waals surface area contributed by atoms with E-state index in [0.29, 0.717) is 13.0 Å². The number of aliphatic hydroxyl groups is 1. The maximum absolute atomic E-state index is 13.3. The summed E-state index contributed by atoms with van der Waals surface area (Å²) >= 11 is 0. The maximum Gasteiger partial charge on any atom is 0.418 e. The van der Waals surface area contributed by atoms with Crippen molar-refractivity contribution in [2.45, 2.75) is 45.0 Å². The summed E-state index contributed by atoms with van der Waals surface area (Å²) in [4.78, 5) is 1.67. The van der Waals surface area contributed by atoms with Crippen LogP contribution in [0, 0.1) is 17.2 Å². The van der Waals surface area contributed by atoms with E-state index < -0.39 is 17.3 Å². The Labute approximate surface area is 128 Å². The molecule has 2 rings (SSSR count). The first kappa shape index (κ1) is 16.6. The molecule has 0 saturated carbocycles. The van der Waals surface area contributed by atoms with Crippen LogP contribution < -0.4 is 4.90 Å². The van der Waals surface area contributed by atoms with Crippen molar-refractivity contribution < 1.29 is 18.3 Å². The highest BCUT2D eigenvalue weighted by Gasteiger charge is 2.43. The molecule has 0 aliphatic carbocycles. The van der Waals surface area contributed by atoms with E-state index in [2.05, 4.69) is 0 Å². The molecule has 0 spiro atoms. The molecule has 2 atom stereocenters. The number of nitrogens with zero attached hydrogens (tertiary/aromatic N) is 2. The van der Waals surface area contributed by atoms with E-state index in [0.717, 1.165) is 6.07 Å². The lowest BCUT2D eigenvalue weighted by molar-refractivity contribution is -0.137. The highest BCUT2D eigenvalue weighted by Crippen LogP contribution is 2.42. The Bertz CT molecular complexity index is 599. The average Bonchev–Trinajstić information content (AvgIpc) is 2.78. The predicted octanol–water partition coefficient (Wildman–Crippen LogP) is 3.56. The van der Waals surface area contributed by atoms with E-state index in [1.807, 2.05) is 6.92 Å². The van der Waals surface area contributed by atoms with Crippen molar-refractivity contribution in [3.05, 3.63) is 29.3 Å². The van der Waals surface area contributed by atoms with Crippen molar-refractivity contribution in [2.75, 3.05) is 11.4 Å². The second kappa shape index (κ2) is 5.47. The third-order valence-electron chi connectivity index (χ3n) is 4.40. The third-order valence-corrected chi connectivity index (χ3v) is 4.40. The second-order valence-corrected chi connectivity index (χ2v) is 6.32. The van der Waals surface area contributed by atoms with Crippen LogP contribution in [0.2, 0.25) is 0 Å². The Kier molecular flexibility index (Phi) is 4.14. The number of alkyl halides is 3. The Morgan fingerprint density at radius 1 is 1.32 bits per heavy atom. The number of nitriles is 1. The molecule has 0 amide bonds. The van der Waals surface area contributed by atoms with Gasteiger partial charge in [0.1, 0.15) is 0 Å². The summed E-state index contributed by atoms with van der Waals surface area (Å²) in [6, 6.07) is 5.17. The van der Waals surface area contributed by atoms with Crippen LogP contribution in [-0.2, 0) is 6.18 Å². The molecule has 1 heterocycles. The molecular formula is C16H19F3N2O. The summed E-state index contributed by atoms with van der Waals surface area (Å²) in [6.07, 6.45) is -3.89. The van der Waals surface area contributed by atoms with Gasteiger partial charge in [-0.1, -0.05) is 0 Å². The number of hydrogen-bond donors (Lipinski definition) is 1. The van der Waals surface area contributed by atoms with Gasteiger partial charge in [0.25, 0.3) is 0 Å². The largest absolute Gasteiger partial charge is 0.418 e. The fourth-order valence-corrected chi connectivity index (χ4v) is 3.31. The maximum atomic E-state index is 13.3. The minimum absolute atomic E-state index is 0.0121. The van der Waals surface area contributed by atoms with E-state index >= 15 is 0 Å². The summed E-state index contributed by atoms with van der Waals surface area (Å²) in [7, 11) is 0.